The second kappa shape index (κ2) is 5.20. The summed E-state index contributed by atoms with van der Waals surface area (Å²) in [6.45, 7) is 1.87. The van der Waals surface area contributed by atoms with E-state index in [1.165, 1.54) is 12.1 Å². The van der Waals surface area contributed by atoms with Gasteiger partial charge in [-0.25, -0.2) is 4.40 Å². The van der Waals surface area contributed by atoms with E-state index < -0.39 is 11.5 Å². The average Bonchev–Trinajstić information content (AvgIpc) is 2.79. The van der Waals surface area contributed by atoms with Crippen molar-refractivity contribution in [3.8, 4) is 11.5 Å². The SMILES string of the molecule is CCCc1c(O)cc2oc3cc(Cl)c(C(N)=O)n3c(=O)c2c1O. The monoisotopic (exact) mass is 336 g/mol. The molecule has 23 heavy (non-hydrogen) atoms. The van der Waals surface area contributed by atoms with Gasteiger partial charge in [0.25, 0.3) is 11.5 Å². The van der Waals surface area contributed by atoms with Gasteiger partial charge in [0.2, 0.25) is 5.71 Å². The van der Waals surface area contributed by atoms with Gasteiger partial charge in [-0.2, -0.15) is 0 Å². The quantitative estimate of drug-likeness (QED) is 0.677. The number of carbonyl (C=O) groups excluding carboxylic acids is 1. The molecular weight excluding hydrogens is 324 g/mol. The maximum absolute atomic E-state index is 12.7. The number of primary amides is 1. The molecule has 0 fully saturated rings. The van der Waals surface area contributed by atoms with Crippen LogP contribution in [0.15, 0.2) is 21.3 Å². The molecule has 0 unspecified atom stereocenters. The summed E-state index contributed by atoms with van der Waals surface area (Å²) in [5.74, 6) is -1.44. The smallest absolute Gasteiger partial charge is 0.273 e. The summed E-state index contributed by atoms with van der Waals surface area (Å²) < 4.78 is 6.40. The van der Waals surface area contributed by atoms with Crippen LogP contribution in [-0.2, 0) is 6.42 Å². The number of aromatic hydroxyl groups is 2. The molecule has 2 aromatic heterocycles. The van der Waals surface area contributed by atoms with Crippen molar-refractivity contribution in [3.05, 3.63) is 38.8 Å². The molecule has 0 bridgehead atoms. The van der Waals surface area contributed by atoms with Crippen LogP contribution in [0.5, 0.6) is 11.5 Å². The van der Waals surface area contributed by atoms with Crippen molar-refractivity contribution in [2.24, 2.45) is 5.73 Å². The van der Waals surface area contributed by atoms with E-state index in [9.17, 15) is 19.8 Å². The molecule has 0 aliphatic carbocycles. The number of phenols is 2. The molecule has 0 aliphatic rings. The molecule has 0 radical (unpaired) electrons. The maximum atomic E-state index is 12.7. The Labute approximate surface area is 134 Å². The topological polar surface area (TPSA) is 118 Å². The van der Waals surface area contributed by atoms with Crippen molar-refractivity contribution >= 4 is 34.2 Å². The first-order valence-electron chi connectivity index (χ1n) is 6.88. The van der Waals surface area contributed by atoms with Crippen LogP contribution in [0.2, 0.25) is 5.02 Å². The Hall–Kier alpha value is -2.67. The molecule has 8 heteroatoms. The van der Waals surface area contributed by atoms with E-state index in [4.69, 9.17) is 21.8 Å². The van der Waals surface area contributed by atoms with Crippen LogP contribution in [0.1, 0.15) is 29.4 Å². The summed E-state index contributed by atoms with van der Waals surface area (Å²) in [5.41, 5.74) is 4.55. The van der Waals surface area contributed by atoms with Crippen LogP contribution in [0, 0.1) is 0 Å². The lowest BCUT2D eigenvalue weighted by atomic mass is 10.0. The highest BCUT2D eigenvalue weighted by Crippen LogP contribution is 2.36. The Morgan fingerprint density at radius 1 is 1.39 bits per heavy atom. The minimum absolute atomic E-state index is 0.0108. The zero-order valence-corrected chi connectivity index (χ0v) is 12.8. The van der Waals surface area contributed by atoms with Gasteiger partial charge in [-0.1, -0.05) is 24.9 Å². The van der Waals surface area contributed by atoms with Gasteiger partial charge in [0.05, 0.1) is 5.02 Å². The Bertz CT molecular complexity index is 1020. The van der Waals surface area contributed by atoms with Crippen LogP contribution in [-0.4, -0.2) is 20.5 Å². The van der Waals surface area contributed by atoms with Gasteiger partial charge in [-0.3, -0.25) is 9.59 Å². The molecule has 0 aliphatic heterocycles. The lowest BCUT2D eigenvalue weighted by molar-refractivity contribution is 0.0994. The van der Waals surface area contributed by atoms with E-state index in [2.05, 4.69) is 0 Å². The van der Waals surface area contributed by atoms with Gasteiger partial charge < -0.3 is 20.4 Å². The van der Waals surface area contributed by atoms with Crippen molar-refractivity contribution < 1.29 is 19.4 Å². The van der Waals surface area contributed by atoms with E-state index in [-0.39, 0.29) is 44.5 Å². The van der Waals surface area contributed by atoms with Crippen LogP contribution >= 0.6 is 11.6 Å². The molecule has 120 valence electrons. The first-order valence-corrected chi connectivity index (χ1v) is 7.26. The second-order valence-corrected chi connectivity index (χ2v) is 5.54. The summed E-state index contributed by atoms with van der Waals surface area (Å²) in [7, 11) is 0. The van der Waals surface area contributed by atoms with Gasteiger partial charge in [0.15, 0.2) is 0 Å². The number of phenolic OH excluding ortho intramolecular Hbond substituents is 2. The van der Waals surface area contributed by atoms with Gasteiger partial charge >= 0.3 is 0 Å². The summed E-state index contributed by atoms with van der Waals surface area (Å²) in [6, 6.07) is 2.53. The molecule has 3 rings (SSSR count). The Morgan fingerprint density at radius 2 is 2.09 bits per heavy atom. The fourth-order valence-electron chi connectivity index (χ4n) is 2.64. The molecule has 0 spiro atoms. The number of rotatable bonds is 3. The molecular formula is C15H13ClN2O5. The lowest BCUT2D eigenvalue weighted by Gasteiger charge is -2.09. The summed E-state index contributed by atoms with van der Waals surface area (Å²) in [5, 5.41) is 20.2. The fraction of sp³-hybridized carbons (Fsp3) is 0.200. The normalized spacial score (nSPS) is 11.4. The summed E-state index contributed by atoms with van der Waals surface area (Å²) in [6.07, 6.45) is 1.03. The number of nitrogens with zero attached hydrogens (tertiary/aromatic N) is 1. The number of nitrogens with two attached hydrogens (primary N) is 1. The molecule has 1 aromatic carbocycles. The minimum atomic E-state index is -0.895. The number of amides is 1. The maximum Gasteiger partial charge on any atom is 0.273 e. The number of carbonyl (C=O) groups is 1. The van der Waals surface area contributed by atoms with Crippen molar-refractivity contribution in [1.29, 1.82) is 0 Å². The van der Waals surface area contributed by atoms with E-state index in [1.54, 1.807) is 0 Å². The first-order chi connectivity index (χ1) is 10.9. The molecule has 3 aromatic rings. The lowest BCUT2D eigenvalue weighted by Crippen LogP contribution is -2.22. The third kappa shape index (κ3) is 2.12. The van der Waals surface area contributed by atoms with Crippen molar-refractivity contribution in [2.45, 2.75) is 19.8 Å². The summed E-state index contributed by atoms with van der Waals surface area (Å²) in [4.78, 5) is 24.2. The van der Waals surface area contributed by atoms with Crippen LogP contribution < -0.4 is 11.3 Å². The third-order valence-corrected chi connectivity index (χ3v) is 3.92. The van der Waals surface area contributed by atoms with Crippen molar-refractivity contribution in [2.75, 3.05) is 0 Å². The van der Waals surface area contributed by atoms with E-state index in [1.807, 2.05) is 6.92 Å². The van der Waals surface area contributed by atoms with Crippen molar-refractivity contribution in [1.82, 2.24) is 4.40 Å². The molecule has 4 N–H and O–H groups in total. The van der Waals surface area contributed by atoms with Gasteiger partial charge in [-0.05, 0) is 6.42 Å². The van der Waals surface area contributed by atoms with Gasteiger partial charge in [0, 0.05) is 17.7 Å². The third-order valence-electron chi connectivity index (χ3n) is 3.63. The molecule has 2 heterocycles. The number of halogens is 1. The Kier molecular flexibility index (Phi) is 3.45. The van der Waals surface area contributed by atoms with Gasteiger partial charge in [-0.15, -0.1) is 0 Å². The number of hydrogen-bond donors (Lipinski definition) is 3. The number of aromatic nitrogens is 1. The van der Waals surface area contributed by atoms with E-state index in [0.29, 0.717) is 12.8 Å². The standard InChI is InChI=1S/C15H13ClN2O5/c1-2-3-6-8(19)5-9-11(13(6)20)15(22)18-10(23-9)4-7(16)12(18)14(17)21/h4-5,19-20H,2-3H2,1H3,(H2,17,21). The Morgan fingerprint density at radius 3 is 2.70 bits per heavy atom. The first kappa shape index (κ1) is 15.2. The van der Waals surface area contributed by atoms with Crippen molar-refractivity contribution in [3.63, 3.8) is 0 Å². The van der Waals surface area contributed by atoms with Crippen LogP contribution in [0.3, 0.4) is 0 Å². The zero-order valence-electron chi connectivity index (χ0n) is 12.1. The molecule has 7 nitrogen and oxygen atoms in total. The molecule has 0 atom stereocenters. The summed E-state index contributed by atoms with van der Waals surface area (Å²) >= 11 is 5.92. The fourth-order valence-corrected chi connectivity index (χ4v) is 2.91. The molecule has 0 saturated carbocycles. The predicted octanol–water partition coefficient (Wildman–Crippen LogP) is 2.16. The highest BCUT2D eigenvalue weighted by Gasteiger charge is 2.23. The minimum Gasteiger partial charge on any atom is -0.507 e. The van der Waals surface area contributed by atoms with Crippen LogP contribution in [0.25, 0.3) is 16.7 Å². The predicted molar refractivity (Wildman–Crippen MR) is 84.3 cm³/mol. The molecule has 0 saturated heterocycles. The highest BCUT2D eigenvalue weighted by atomic mass is 35.5. The number of fused-ring (bicyclic) bond motifs is 2. The second-order valence-electron chi connectivity index (χ2n) is 5.13. The number of hydrogen-bond acceptors (Lipinski definition) is 5. The molecule has 1 amide bonds. The zero-order chi connectivity index (χ0) is 16.9. The largest absolute Gasteiger partial charge is 0.507 e. The average molecular weight is 337 g/mol. The highest BCUT2D eigenvalue weighted by molar-refractivity contribution is 6.34. The number of benzene rings is 1. The van der Waals surface area contributed by atoms with E-state index >= 15 is 0 Å². The Balaban J connectivity index is 2.54. The van der Waals surface area contributed by atoms with E-state index in [0.717, 1.165) is 4.40 Å². The van der Waals surface area contributed by atoms with Gasteiger partial charge in [0.1, 0.15) is 28.2 Å². The van der Waals surface area contributed by atoms with Crippen LogP contribution in [0.4, 0.5) is 0 Å².